The maximum absolute atomic E-state index is 13.0. The zero-order valence-corrected chi connectivity index (χ0v) is 12.6. The Morgan fingerprint density at radius 1 is 1.45 bits per heavy atom. The number of carbonyl (C=O) groups is 1. The van der Waals surface area contributed by atoms with Gasteiger partial charge in [-0.05, 0) is 32.9 Å². The lowest BCUT2D eigenvalue weighted by Crippen LogP contribution is -2.32. The van der Waals surface area contributed by atoms with Gasteiger partial charge in [0.15, 0.2) is 0 Å². The molecule has 0 aliphatic rings. The Balaban J connectivity index is 2.55. The molecule has 1 N–H and O–H groups in total. The summed E-state index contributed by atoms with van der Waals surface area (Å²) in [4.78, 5) is 21.5. The van der Waals surface area contributed by atoms with Crippen LogP contribution in [0.4, 0.5) is 14.9 Å². The van der Waals surface area contributed by atoms with E-state index >= 15 is 0 Å². The van der Waals surface area contributed by atoms with Crippen molar-refractivity contribution in [3.05, 3.63) is 39.7 Å². The number of nitrogens with one attached hydrogen (secondary N) is 1. The highest BCUT2D eigenvalue weighted by Crippen LogP contribution is 2.18. The summed E-state index contributed by atoms with van der Waals surface area (Å²) in [5.41, 5.74) is -0.832. The molecule has 0 aliphatic carbocycles. The molecule has 0 atom stereocenters. The lowest BCUT2D eigenvalue weighted by Gasteiger charge is -2.19. The topological polar surface area (TPSA) is 81.5 Å². The van der Waals surface area contributed by atoms with Gasteiger partial charge in [0.1, 0.15) is 17.0 Å². The molecule has 7 heteroatoms. The summed E-state index contributed by atoms with van der Waals surface area (Å²) in [6.07, 6.45) is -0.268. The van der Waals surface area contributed by atoms with Crippen LogP contribution >= 0.6 is 0 Å². The lowest BCUT2D eigenvalue weighted by molar-refractivity contribution is -0.385. The molecule has 0 saturated heterocycles. The summed E-state index contributed by atoms with van der Waals surface area (Å²) in [6, 6.07) is 3.18. The molecule has 1 aromatic rings. The van der Waals surface area contributed by atoms with Crippen LogP contribution < -0.4 is 5.32 Å². The second-order valence-electron chi connectivity index (χ2n) is 5.40. The summed E-state index contributed by atoms with van der Waals surface area (Å²) >= 11 is 0. The van der Waals surface area contributed by atoms with Crippen LogP contribution in [0.2, 0.25) is 0 Å². The van der Waals surface area contributed by atoms with E-state index in [1.54, 1.807) is 20.8 Å². The summed E-state index contributed by atoms with van der Waals surface area (Å²) < 4.78 is 18.0. The smallest absolute Gasteiger partial charge is 0.407 e. The van der Waals surface area contributed by atoms with Crippen LogP contribution in [-0.4, -0.2) is 23.2 Å². The van der Waals surface area contributed by atoms with Crippen molar-refractivity contribution in [2.24, 2.45) is 0 Å². The number of nitro benzene ring substituents is 1. The molecule has 118 valence electrons. The van der Waals surface area contributed by atoms with Crippen molar-refractivity contribution in [3.63, 3.8) is 0 Å². The number of nitro groups is 1. The third kappa shape index (κ3) is 6.22. The minimum atomic E-state index is -0.691. The molecule has 6 nitrogen and oxygen atoms in total. The molecule has 22 heavy (non-hydrogen) atoms. The van der Waals surface area contributed by atoms with Gasteiger partial charge < -0.3 is 10.1 Å². The molecule has 0 saturated carbocycles. The zero-order chi connectivity index (χ0) is 16.8. The average molecular weight is 308 g/mol. The predicted octanol–water partition coefficient (Wildman–Crippen LogP) is 3.00. The Kier molecular flexibility index (Phi) is 5.87. The minimum Gasteiger partial charge on any atom is -0.444 e. The molecule has 1 aromatic carbocycles. The van der Waals surface area contributed by atoms with Gasteiger partial charge in [0, 0.05) is 13.0 Å². The molecular weight excluding hydrogens is 291 g/mol. The van der Waals surface area contributed by atoms with E-state index in [0.29, 0.717) is 0 Å². The number of alkyl carbamates (subject to hydrolysis) is 1. The first-order valence-electron chi connectivity index (χ1n) is 6.59. The summed E-state index contributed by atoms with van der Waals surface area (Å²) in [7, 11) is 0. The van der Waals surface area contributed by atoms with Crippen molar-refractivity contribution in [1.29, 1.82) is 0 Å². The van der Waals surface area contributed by atoms with Gasteiger partial charge in [-0.25, -0.2) is 9.18 Å². The summed E-state index contributed by atoms with van der Waals surface area (Å²) in [5, 5.41) is 13.3. The van der Waals surface area contributed by atoms with Crippen LogP contribution in [-0.2, 0) is 4.74 Å². The Morgan fingerprint density at radius 2 is 2.14 bits per heavy atom. The van der Waals surface area contributed by atoms with E-state index in [1.807, 2.05) is 0 Å². The monoisotopic (exact) mass is 308 g/mol. The van der Waals surface area contributed by atoms with E-state index in [4.69, 9.17) is 4.74 Å². The van der Waals surface area contributed by atoms with Gasteiger partial charge in [-0.15, -0.1) is 0 Å². The quantitative estimate of drug-likeness (QED) is 0.403. The average Bonchev–Trinajstić information content (AvgIpc) is 2.37. The molecule has 0 spiro atoms. The fourth-order valence-electron chi connectivity index (χ4n) is 1.46. The van der Waals surface area contributed by atoms with Crippen LogP contribution in [0, 0.1) is 27.8 Å². The van der Waals surface area contributed by atoms with Gasteiger partial charge in [0.05, 0.1) is 11.0 Å². The predicted molar refractivity (Wildman–Crippen MR) is 78.8 cm³/mol. The van der Waals surface area contributed by atoms with Gasteiger partial charge in [-0.1, -0.05) is 11.8 Å². The molecule has 0 heterocycles. The normalized spacial score (nSPS) is 10.4. The molecule has 1 rings (SSSR count). The van der Waals surface area contributed by atoms with E-state index in [0.717, 1.165) is 12.1 Å². The van der Waals surface area contributed by atoms with E-state index in [9.17, 15) is 19.3 Å². The van der Waals surface area contributed by atoms with Crippen LogP contribution in [0.3, 0.4) is 0 Å². The van der Waals surface area contributed by atoms with Gasteiger partial charge in [0.2, 0.25) is 0 Å². The van der Waals surface area contributed by atoms with E-state index in [-0.39, 0.29) is 24.2 Å². The number of ether oxygens (including phenoxy) is 1. The van der Waals surface area contributed by atoms with Crippen molar-refractivity contribution < 1.29 is 18.8 Å². The highest BCUT2D eigenvalue weighted by molar-refractivity contribution is 5.67. The summed E-state index contributed by atoms with van der Waals surface area (Å²) in [6.45, 7) is 5.50. The van der Waals surface area contributed by atoms with Gasteiger partial charge in [-0.3, -0.25) is 10.1 Å². The van der Waals surface area contributed by atoms with Crippen LogP contribution in [0.1, 0.15) is 32.8 Å². The van der Waals surface area contributed by atoms with E-state index < -0.39 is 22.4 Å². The number of nitrogens with zero attached hydrogens (tertiary/aromatic N) is 1. The van der Waals surface area contributed by atoms with Crippen molar-refractivity contribution >= 4 is 11.8 Å². The van der Waals surface area contributed by atoms with Crippen molar-refractivity contribution in [3.8, 4) is 11.8 Å². The van der Waals surface area contributed by atoms with Crippen molar-refractivity contribution in [2.75, 3.05) is 6.54 Å². The molecule has 0 unspecified atom stereocenters. The third-order valence-electron chi connectivity index (χ3n) is 2.30. The van der Waals surface area contributed by atoms with Crippen LogP contribution in [0.5, 0.6) is 0 Å². The highest BCUT2D eigenvalue weighted by atomic mass is 19.1. The molecule has 0 aliphatic heterocycles. The number of hydrogen-bond donors (Lipinski definition) is 1. The van der Waals surface area contributed by atoms with Gasteiger partial charge in [0.25, 0.3) is 5.69 Å². The largest absolute Gasteiger partial charge is 0.444 e. The first-order chi connectivity index (χ1) is 10.2. The Labute approximate surface area is 127 Å². The molecule has 0 radical (unpaired) electrons. The first-order valence-corrected chi connectivity index (χ1v) is 6.59. The number of halogens is 1. The number of benzene rings is 1. The molecule has 0 bridgehead atoms. The molecule has 0 aromatic heterocycles. The third-order valence-corrected chi connectivity index (χ3v) is 2.30. The van der Waals surface area contributed by atoms with E-state index in [1.165, 1.54) is 6.07 Å². The fraction of sp³-hybridized carbons (Fsp3) is 0.400. The van der Waals surface area contributed by atoms with Crippen molar-refractivity contribution in [2.45, 2.75) is 32.8 Å². The van der Waals surface area contributed by atoms with Gasteiger partial charge >= 0.3 is 6.09 Å². The molecule has 0 fully saturated rings. The minimum absolute atomic E-state index is 0.128. The van der Waals surface area contributed by atoms with Gasteiger partial charge in [-0.2, -0.15) is 0 Å². The standard InChI is InChI=1S/C15H17FN2O4/c1-15(2,3)22-14(19)17-9-5-4-6-11-7-8-12(16)10-13(11)18(20)21/h7-8,10H,5,9H2,1-3H3,(H,17,19). The number of rotatable bonds is 3. The lowest BCUT2D eigenvalue weighted by atomic mass is 10.2. The SMILES string of the molecule is CC(C)(C)OC(=O)NCCC#Cc1ccc(F)cc1[N+](=O)[O-]. The maximum Gasteiger partial charge on any atom is 0.407 e. The van der Waals surface area contributed by atoms with E-state index in [2.05, 4.69) is 17.2 Å². The Hall–Kier alpha value is -2.62. The fourth-order valence-corrected chi connectivity index (χ4v) is 1.46. The second-order valence-corrected chi connectivity index (χ2v) is 5.40. The molecule has 1 amide bonds. The Morgan fingerprint density at radius 3 is 2.73 bits per heavy atom. The zero-order valence-electron chi connectivity index (χ0n) is 12.6. The molecular formula is C15H17FN2O4. The summed E-state index contributed by atoms with van der Waals surface area (Å²) in [5.74, 6) is 4.59. The number of carbonyl (C=O) groups excluding carboxylic acids is 1. The van der Waals surface area contributed by atoms with Crippen LogP contribution in [0.15, 0.2) is 18.2 Å². The van der Waals surface area contributed by atoms with Crippen LogP contribution in [0.25, 0.3) is 0 Å². The number of amides is 1. The second kappa shape index (κ2) is 7.41. The first kappa shape index (κ1) is 17.4. The highest BCUT2D eigenvalue weighted by Gasteiger charge is 2.15. The Bertz CT molecular complexity index is 627. The number of hydrogen-bond acceptors (Lipinski definition) is 4. The maximum atomic E-state index is 13.0. The van der Waals surface area contributed by atoms with Crippen molar-refractivity contribution in [1.82, 2.24) is 5.32 Å².